The first-order valence-electron chi connectivity index (χ1n) is 5.07. The van der Waals surface area contributed by atoms with E-state index in [1.807, 2.05) is 0 Å². The fourth-order valence-corrected chi connectivity index (χ4v) is 2.07. The van der Waals surface area contributed by atoms with Gasteiger partial charge in [0, 0.05) is 5.56 Å². The van der Waals surface area contributed by atoms with Gasteiger partial charge in [-0.25, -0.2) is 0 Å². The summed E-state index contributed by atoms with van der Waals surface area (Å²) in [4.78, 5) is 11.0. The standard InChI is InChI=1S/C12H12O6/c1-7-8-4-2-3-5-9(8)11(15,16)12(17,18)10(7,14)6-13/h2-6,14-18H,1H2. The quantitative estimate of drug-likeness (QED) is 0.305. The van der Waals surface area contributed by atoms with Gasteiger partial charge in [-0.3, -0.25) is 4.79 Å². The Morgan fingerprint density at radius 3 is 2.17 bits per heavy atom. The smallest absolute Gasteiger partial charge is 0.264 e. The maximum Gasteiger partial charge on any atom is 0.264 e. The molecule has 1 aromatic carbocycles. The number of carbonyl (C=O) groups excluding carboxylic acids is 1. The van der Waals surface area contributed by atoms with Crippen molar-refractivity contribution in [3.63, 3.8) is 0 Å². The molecule has 5 N–H and O–H groups in total. The monoisotopic (exact) mass is 252 g/mol. The molecule has 0 amide bonds. The van der Waals surface area contributed by atoms with Crippen molar-refractivity contribution >= 4 is 11.9 Å². The second-order valence-electron chi connectivity index (χ2n) is 4.25. The zero-order valence-electron chi connectivity index (χ0n) is 9.24. The number of hydrogen-bond donors (Lipinski definition) is 5. The minimum atomic E-state index is -3.51. The van der Waals surface area contributed by atoms with Crippen LogP contribution in [0.3, 0.4) is 0 Å². The van der Waals surface area contributed by atoms with E-state index in [1.165, 1.54) is 24.3 Å². The van der Waals surface area contributed by atoms with Crippen LogP contribution in [0, 0.1) is 0 Å². The van der Waals surface area contributed by atoms with Gasteiger partial charge in [-0.15, -0.1) is 0 Å². The highest BCUT2D eigenvalue weighted by Crippen LogP contribution is 2.48. The molecule has 6 heteroatoms. The van der Waals surface area contributed by atoms with Crippen LogP contribution in [0.2, 0.25) is 0 Å². The Bertz CT molecular complexity index is 533. The number of rotatable bonds is 1. The molecular weight excluding hydrogens is 240 g/mol. The van der Waals surface area contributed by atoms with Crippen molar-refractivity contribution in [1.82, 2.24) is 0 Å². The molecule has 0 saturated carbocycles. The Balaban J connectivity index is 2.85. The predicted octanol–water partition coefficient (Wildman–Crippen LogP) is -1.54. The van der Waals surface area contributed by atoms with Gasteiger partial charge in [-0.1, -0.05) is 30.8 Å². The van der Waals surface area contributed by atoms with Crippen LogP contribution in [0.25, 0.3) is 5.57 Å². The summed E-state index contributed by atoms with van der Waals surface area (Å²) in [5.74, 6) is -6.71. The van der Waals surface area contributed by atoms with Crippen LogP contribution in [0.5, 0.6) is 0 Å². The molecule has 1 aliphatic rings. The molecule has 6 nitrogen and oxygen atoms in total. The van der Waals surface area contributed by atoms with E-state index in [2.05, 4.69) is 6.58 Å². The SMILES string of the molecule is C=C1c2ccccc2C(O)(O)C(O)(O)C1(O)C=O. The van der Waals surface area contributed by atoms with E-state index in [0.29, 0.717) is 0 Å². The van der Waals surface area contributed by atoms with Crippen LogP contribution in [-0.4, -0.2) is 43.2 Å². The van der Waals surface area contributed by atoms with E-state index in [0.717, 1.165) is 0 Å². The Morgan fingerprint density at radius 1 is 1.06 bits per heavy atom. The zero-order valence-corrected chi connectivity index (χ0v) is 9.24. The fraction of sp³-hybridized carbons (Fsp3) is 0.250. The molecule has 96 valence electrons. The second kappa shape index (κ2) is 3.47. The van der Waals surface area contributed by atoms with Crippen LogP contribution < -0.4 is 0 Å². The molecule has 0 radical (unpaired) electrons. The van der Waals surface area contributed by atoms with E-state index in [1.54, 1.807) is 0 Å². The number of benzene rings is 1. The molecule has 18 heavy (non-hydrogen) atoms. The molecule has 0 fully saturated rings. The van der Waals surface area contributed by atoms with Crippen molar-refractivity contribution in [2.24, 2.45) is 0 Å². The van der Waals surface area contributed by atoms with E-state index >= 15 is 0 Å². The number of carbonyl (C=O) groups is 1. The van der Waals surface area contributed by atoms with Crippen LogP contribution in [0.4, 0.5) is 0 Å². The number of aliphatic hydroxyl groups is 5. The minimum Gasteiger partial charge on any atom is -0.373 e. The minimum absolute atomic E-state index is 0.0656. The Morgan fingerprint density at radius 2 is 1.61 bits per heavy atom. The van der Waals surface area contributed by atoms with Gasteiger partial charge in [0.2, 0.25) is 11.4 Å². The first kappa shape index (κ1) is 12.9. The van der Waals surface area contributed by atoms with Crippen molar-refractivity contribution < 1.29 is 30.3 Å². The van der Waals surface area contributed by atoms with Crippen molar-refractivity contribution in [2.75, 3.05) is 0 Å². The highest BCUT2D eigenvalue weighted by molar-refractivity contribution is 5.92. The molecule has 1 atom stereocenters. The zero-order chi connectivity index (χ0) is 13.8. The van der Waals surface area contributed by atoms with Crippen LogP contribution in [0.1, 0.15) is 11.1 Å². The summed E-state index contributed by atoms with van der Waals surface area (Å²) in [5, 5.41) is 49.1. The van der Waals surface area contributed by atoms with Crippen molar-refractivity contribution in [1.29, 1.82) is 0 Å². The summed E-state index contributed by atoms with van der Waals surface area (Å²) in [6, 6.07) is 5.57. The van der Waals surface area contributed by atoms with Crippen LogP contribution in [0.15, 0.2) is 30.8 Å². The van der Waals surface area contributed by atoms with E-state index in [-0.39, 0.29) is 23.0 Å². The first-order valence-corrected chi connectivity index (χ1v) is 5.07. The van der Waals surface area contributed by atoms with E-state index < -0.39 is 17.2 Å². The molecule has 0 aromatic heterocycles. The summed E-state index contributed by atoms with van der Waals surface area (Å²) in [6.45, 7) is 3.42. The Labute approximate surface area is 102 Å². The average Bonchev–Trinajstić information content (AvgIpc) is 2.35. The molecule has 0 saturated heterocycles. The predicted molar refractivity (Wildman–Crippen MR) is 59.8 cm³/mol. The third-order valence-corrected chi connectivity index (χ3v) is 3.28. The van der Waals surface area contributed by atoms with Gasteiger partial charge in [0.15, 0.2) is 6.29 Å². The van der Waals surface area contributed by atoms with Crippen molar-refractivity contribution in [2.45, 2.75) is 17.2 Å². The molecule has 0 spiro atoms. The molecule has 1 aliphatic carbocycles. The second-order valence-corrected chi connectivity index (χ2v) is 4.25. The largest absolute Gasteiger partial charge is 0.373 e. The molecule has 0 bridgehead atoms. The lowest BCUT2D eigenvalue weighted by Crippen LogP contribution is -2.70. The van der Waals surface area contributed by atoms with Gasteiger partial charge < -0.3 is 25.5 Å². The van der Waals surface area contributed by atoms with Gasteiger partial charge in [0.05, 0.1) is 0 Å². The normalized spacial score (nSPS) is 28.6. The maximum absolute atomic E-state index is 11.0. The van der Waals surface area contributed by atoms with Gasteiger partial charge in [0.25, 0.3) is 5.79 Å². The summed E-state index contributed by atoms with van der Waals surface area (Å²) < 4.78 is 0. The van der Waals surface area contributed by atoms with Crippen LogP contribution in [-0.2, 0) is 10.6 Å². The molecule has 0 aliphatic heterocycles. The lowest BCUT2D eigenvalue weighted by Gasteiger charge is -2.48. The van der Waals surface area contributed by atoms with Gasteiger partial charge in [-0.05, 0) is 11.1 Å². The summed E-state index contributed by atoms with van der Waals surface area (Å²) in [5.41, 5.74) is -3.43. The van der Waals surface area contributed by atoms with E-state index in [9.17, 15) is 30.3 Å². The first-order chi connectivity index (χ1) is 8.20. The highest BCUT2D eigenvalue weighted by atomic mass is 16.6. The van der Waals surface area contributed by atoms with E-state index in [4.69, 9.17) is 0 Å². The number of hydrogen-bond acceptors (Lipinski definition) is 6. The molecule has 2 rings (SSSR count). The number of fused-ring (bicyclic) bond motifs is 1. The van der Waals surface area contributed by atoms with Gasteiger partial charge >= 0.3 is 0 Å². The Hall–Kier alpha value is -1.57. The summed E-state index contributed by atoms with van der Waals surface area (Å²) in [7, 11) is 0. The van der Waals surface area contributed by atoms with Gasteiger partial charge in [0.1, 0.15) is 0 Å². The topological polar surface area (TPSA) is 118 Å². The third-order valence-electron chi connectivity index (χ3n) is 3.28. The van der Waals surface area contributed by atoms with Crippen LogP contribution >= 0.6 is 0 Å². The molecule has 1 aromatic rings. The average molecular weight is 252 g/mol. The lowest BCUT2D eigenvalue weighted by molar-refractivity contribution is -0.400. The number of aldehydes is 1. The molecule has 0 heterocycles. The van der Waals surface area contributed by atoms with Gasteiger partial charge in [-0.2, -0.15) is 0 Å². The highest BCUT2D eigenvalue weighted by Gasteiger charge is 2.67. The van der Waals surface area contributed by atoms with Crippen molar-refractivity contribution in [3.8, 4) is 0 Å². The lowest BCUT2D eigenvalue weighted by atomic mass is 9.69. The van der Waals surface area contributed by atoms with Crippen molar-refractivity contribution in [3.05, 3.63) is 42.0 Å². The Kier molecular flexibility index (Phi) is 2.48. The maximum atomic E-state index is 11.0. The summed E-state index contributed by atoms with van der Waals surface area (Å²) >= 11 is 0. The molecule has 1 unspecified atom stereocenters. The molecular formula is C12H12O6. The summed E-state index contributed by atoms with van der Waals surface area (Å²) in [6.07, 6.45) is -0.188. The third kappa shape index (κ3) is 1.21. The fourth-order valence-electron chi connectivity index (χ4n) is 2.07.